The minimum Gasteiger partial charge on any atom is -0.444 e. The molecule has 3 aromatic heterocycles. The normalized spacial score (nSPS) is 16.8. The molecular weight excluding hydrogens is 464 g/mol. The van der Waals surface area contributed by atoms with E-state index in [0.717, 1.165) is 28.8 Å². The first-order valence-electron chi connectivity index (χ1n) is 11.9. The minimum absolute atomic E-state index is 0.113. The molecule has 0 spiro atoms. The first kappa shape index (κ1) is 24.8. The van der Waals surface area contributed by atoms with Crippen molar-refractivity contribution in [1.29, 1.82) is 0 Å². The fraction of sp³-hybridized carbons (Fsp3) is 0.480. The predicted molar refractivity (Wildman–Crippen MR) is 137 cm³/mol. The number of ether oxygens (including phenoxy) is 1. The number of amides is 2. The van der Waals surface area contributed by atoms with Crippen molar-refractivity contribution in [3.05, 3.63) is 47.2 Å². The van der Waals surface area contributed by atoms with E-state index >= 15 is 0 Å². The van der Waals surface area contributed by atoms with E-state index in [9.17, 15) is 9.59 Å². The van der Waals surface area contributed by atoms with Crippen LogP contribution in [0.3, 0.4) is 0 Å². The second kappa shape index (κ2) is 10.6. The lowest BCUT2D eigenvalue weighted by atomic mass is 10.1. The first-order chi connectivity index (χ1) is 16.7. The van der Waals surface area contributed by atoms with Crippen LogP contribution in [0.1, 0.15) is 62.8 Å². The molecule has 2 N–H and O–H groups in total. The standard InChI is InChI=1S/C25H32N6O3S/c1-16(18-7-5-6-11-26-18)28-23-29-19-10-14-35-21(19)20(30-23)22(32)27-12-8-17-9-13-31(15-17)24(33)34-25(2,3)4/h5-7,10-11,14,16-17H,8-9,12-13,15H2,1-4H3,(H,27,32)(H,28,29,30). The van der Waals surface area contributed by atoms with Gasteiger partial charge in [-0.25, -0.2) is 14.8 Å². The molecule has 4 heterocycles. The number of carbonyl (C=O) groups is 2. The Labute approximate surface area is 209 Å². The number of hydrogen-bond donors (Lipinski definition) is 2. The zero-order valence-electron chi connectivity index (χ0n) is 20.6. The van der Waals surface area contributed by atoms with Gasteiger partial charge in [-0.15, -0.1) is 11.3 Å². The van der Waals surface area contributed by atoms with E-state index in [1.54, 1.807) is 11.1 Å². The van der Waals surface area contributed by atoms with Gasteiger partial charge in [-0.05, 0) is 70.0 Å². The Bertz CT molecular complexity index is 1180. The number of likely N-dealkylation sites (tertiary alicyclic amines) is 1. The van der Waals surface area contributed by atoms with Crippen LogP contribution in [0.5, 0.6) is 0 Å². The molecule has 0 saturated carbocycles. The summed E-state index contributed by atoms with van der Waals surface area (Å²) in [7, 11) is 0. The summed E-state index contributed by atoms with van der Waals surface area (Å²) >= 11 is 1.45. The van der Waals surface area contributed by atoms with Gasteiger partial charge in [0.2, 0.25) is 5.95 Å². The molecule has 3 aromatic rings. The third kappa shape index (κ3) is 6.45. The van der Waals surface area contributed by atoms with Crippen LogP contribution in [0.4, 0.5) is 10.7 Å². The largest absolute Gasteiger partial charge is 0.444 e. The molecule has 0 radical (unpaired) electrons. The Hall–Kier alpha value is -3.27. The van der Waals surface area contributed by atoms with Crippen LogP contribution in [0.2, 0.25) is 0 Å². The Balaban J connectivity index is 1.35. The van der Waals surface area contributed by atoms with Crippen LogP contribution in [0, 0.1) is 5.92 Å². The van der Waals surface area contributed by atoms with Crippen molar-refractivity contribution in [3.63, 3.8) is 0 Å². The molecule has 0 aromatic carbocycles. The van der Waals surface area contributed by atoms with E-state index in [2.05, 4.69) is 25.6 Å². The second-order valence-corrected chi connectivity index (χ2v) is 10.7. The summed E-state index contributed by atoms with van der Waals surface area (Å²) < 4.78 is 6.22. The fourth-order valence-electron chi connectivity index (χ4n) is 4.02. The van der Waals surface area contributed by atoms with Gasteiger partial charge in [0, 0.05) is 25.8 Å². The average Bonchev–Trinajstić information content (AvgIpc) is 3.47. The zero-order chi connectivity index (χ0) is 25.0. The molecule has 4 rings (SSSR count). The van der Waals surface area contributed by atoms with Crippen molar-refractivity contribution in [2.45, 2.75) is 52.2 Å². The molecule has 1 aliphatic rings. The summed E-state index contributed by atoms with van der Waals surface area (Å²) in [5.74, 6) is 0.491. The van der Waals surface area contributed by atoms with Gasteiger partial charge in [-0.3, -0.25) is 9.78 Å². The van der Waals surface area contributed by atoms with Crippen LogP contribution < -0.4 is 10.6 Å². The number of nitrogens with zero attached hydrogens (tertiary/aromatic N) is 4. The maximum Gasteiger partial charge on any atom is 0.410 e. The Kier molecular flexibility index (Phi) is 7.49. The minimum atomic E-state index is -0.503. The highest BCUT2D eigenvalue weighted by molar-refractivity contribution is 7.17. The summed E-state index contributed by atoms with van der Waals surface area (Å²) in [5.41, 5.74) is 1.46. The number of hydrogen-bond acceptors (Lipinski definition) is 8. The highest BCUT2D eigenvalue weighted by Crippen LogP contribution is 2.26. The molecule has 35 heavy (non-hydrogen) atoms. The molecule has 2 atom stereocenters. The van der Waals surface area contributed by atoms with Crippen LogP contribution in [-0.4, -0.2) is 57.1 Å². The molecule has 2 unspecified atom stereocenters. The monoisotopic (exact) mass is 496 g/mol. The molecule has 1 aliphatic heterocycles. The SMILES string of the molecule is CC(Nc1nc(C(=O)NCCC2CCN(C(=O)OC(C)(C)C)C2)c2sccc2n1)c1ccccn1. The summed E-state index contributed by atoms with van der Waals surface area (Å²) in [6, 6.07) is 7.51. The van der Waals surface area contributed by atoms with E-state index in [1.165, 1.54) is 11.3 Å². The molecule has 1 saturated heterocycles. The van der Waals surface area contributed by atoms with Crippen molar-refractivity contribution in [1.82, 2.24) is 25.2 Å². The smallest absolute Gasteiger partial charge is 0.410 e. The maximum absolute atomic E-state index is 13.0. The second-order valence-electron chi connectivity index (χ2n) is 9.78. The molecule has 9 nitrogen and oxygen atoms in total. The number of aromatic nitrogens is 3. The summed E-state index contributed by atoms with van der Waals surface area (Å²) in [6.45, 7) is 9.41. The molecule has 2 amide bonds. The lowest BCUT2D eigenvalue weighted by Gasteiger charge is -2.24. The molecule has 0 bridgehead atoms. The third-order valence-corrected chi connectivity index (χ3v) is 6.68. The Morgan fingerprint density at radius 3 is 2.83 bits per heavy atom. The number of thiophene rings is 1. The molecule has 186 valence electrons. The summed E-state index contributed by atoms with van der Waals surface area (Å²) in [5, 5.41) is 8.17. The van der Waals surface area contributed by atoms with Gasteiger partial charge in [0.05, 0.1) is 22.0 Å². The molecule has 0 aliphatic carbocycles. The van der Waals surface area contributed by atoms with Crippen molar-refractivity contribution in [2.24, 2.45) is 5.92 Å². The topological polar surface area (TPSA) is 109 Å². The molecule has 10 heteroatoms. The highest BCUT2D eigenvalue weighted by atomic mass is 32.1. The lowest BCUT2D eigenvalue weighted by Crippen LogP contribution is -2.35. The van der Waals surface area contributed by atoms with Gasteiger partial charge in [0.25, 0.3) is 5.91 Å². The van der Waals surface area contributed by atoms with E-state index in [0.29, 0.717) is 37.2 Å². The lowest BCUT2D eigenvalue weighted by molar-refractivity contribution is 0.0287. The summed E-state index contributed by atoms with van der Waals surface area (Å²) in [4.78, 5) is 40.6. The maximum atomic E-state index is 13.0. The Morgan fingerprint density at radius 2 is 2.09 bits per heavy atom. The van der Waals surface area contributed by atoms with Crippen LogP contribution in [-0.2, 0) is 4.74 Å². The number of nitrogens with one attached hydrogen (secondary N) is 2. The van der Waals surface area contributed by atoms with Crippen molar-refractivity contribution < 1.29 is 14.3 Å². The number of anilines is 1. The van der Waals surface area contributed by atoms with Gasteiger partial charge in [0.1, 0.15) is 5.60 Å². The number of carbonyl (C=O) groups excluding carboxylic acids is 2. The highest BCUT2D eigenvalue weighted by Gasteiger charge is 2.29. The number of pyridine rings is 1. The van der Waals surface area contributed by atoms with Gasteiger partial charge >= 0.3 is 6.09 Å². The van der Waals surface area contributed by atoms with Crippen LogP contribution >= 0.6 is 11.3 Å². The van der Waals surface area contributed by atoms with Crippen molar-refractivity contribution in [3.8, 4) is 0 Å². The van der Waals surface area contributed by atoms with Crippen molar-refractivity contribution >= 4 is 39.5 Å². The Morgan fingerprint density at radius 1 is 1.26 bits per heavy atom. The number of rotatable bonds is 7. The van der Waals surface area contributed by atoms with Gasteiger partial charge in [-0.1, -0.05) is 6.07 Å². The molecular formula is C25H32N6O3S. The molecule has 1 fully saturated rings. The van der Waals surface area contributed by atoms with Gasteiger partial charge in [0.15, 0.2) is 5.69 Å². The first-order valence-corrected chi connectivity index (χ1v) is 12.8. The van der Waals surface area contributed by atoms with Crippen molar-refractivity contribution in [2.75, 3.05) is 25.0 Å². The quantitative estimate of drug-likeness (QED) is 0.490. The van der Waals surface area contributed by atoms with E-state index in [1.807, 2.05) is 57.3 Å². The van der Waals surface area contributed by atoms with E-state index < -0.39 is 5.60 Å². The number of fused-ring (bicyclic) bond motifs is 1. The van der Waals surface area contributed by atoms with Crippen LogP contribution in [0.15, 0.2) is 35.8 Å². The predicted octanol–water partition coefficient (Wildman–Crippen LogP) is 4.64. The summed E-state index contributed by atoms with van der Waals surface area (Å²) in [6.07, 6.45) is 3.15. The fourth-order valence-corrected chi connectivity index (χ4v) is 4.83. The van der Waals surface area contributed by atoms with Crippen LogP contribution in [0.25, 0.3) is 10.2 Å². The average molecular weight is 497 g/mol. The van der Waals surface area contributed by atoms with Gasteiger partial charge in [-0.2, -0.15) is 0 Å². The van der Waals surface area contributed by atoms with Gasteiger partial charge < -0.3 is 20.3 Å². The zero-order valence-corrected chi connectivity index (χ0v) is 21.4. The van der Waals surface area contributed by atoms with E-state index in [-0.39, 0.29) is 18.0 Å². The third-order valence-electron chi connectivity index (χ3n) is 5.77. The van der Waals surface area contributed by atoms with E-state index in [4.69, 9.17) is 4.74 Å².